The van der Waals surface area contributed by atoms with Gasteiger partial charge in [-0.3, -0.25) is 4.99 Å². The molecule has 0 spiro atoms. The lowest BCUT2D eigenvalue weighted by Crippen LogP contribution is -2.44. The first kappa shape index (κ1) is 22.6. The molecule has 1 rings (SSSR count). The van der Waals surface area contributed by atoms with Crippen LogP contribution in [0.3, 0.4) is 0 Å². The summed E-state index contributed by atoms with van der Waals surface area (Å²) in [5.74, 6) is 1.39. The third kappa shape index (κ3) is 9.44. The van der Waals surface area contributed by atoms with Crippen LogP contribution >= 0.6 is 47.2 Å². The van der Waals surface area contributed by atoms with Crippen LogP contribution in [-0.4, -0.2) is 45.9 Å². The van der Waals surface area contributed by atoms with E-state index in [9.17, 15) is 0 Å². The smallest absolute Gasteiger partial charge is 0.191 e. The minimum atomic E-state index is 0. The highest BCUT2D eigenvalue weighted by Crippen LogP contribution is 2.27. The van der Waals surface area contributed by atoms with Crippen LogP contribution in [0.15, 0.2) is 23.2 Å². The first-order valence-corrected chi connectivity index (χ1v) is 7.86. The molecule has 132 valence electrons. The Morgan fingerprint density at radius 1 is 1.35 bits per heavy atom. The van der Waals surface area contributed by atoms with Gasteiger partial charge in [0.05, 0.1) is 18.2 Å². The largest absolute Gasteiger partial charge is 0.492 e. The molecule has 0 aliphatic heterocycles. The number of aliphatic imine (C=N–C) groups is 1. The molecule has 2 N–H and O–H groups in total. The van der Waals surface area contributed by atoms with Crippen LogP contribution < -0.4 is 15.4 Å². The number of rotatable bonds is 8. The van der Waals surface area contributed by atoms with Crippen molar-refractivity contribution in [1.82, 2.24) is 10.6 Å². The van der Waals surface area contributed by atoms with Gasteiger partial charge in [-0.15, -0.1) is 24.0 Å². The number of methoxy groups -OCH3 is 1. The molecule has 1 aromatic rings. The van der Waals surface area contributed by atoms with E-state index < -0.39 is 0 Å². The second-order valence-electron chi connectivity index (χ2n) is 4.78. The average molecular weight is 476 g/mol. The predicted molar refractivity (Wildman–Crippen MR) is 108 cm³/mol. The van der Waals surface area contributed by atoms with E-state index in [4.69, 9.17) is 32.7 Å². The van der Waals surface area contributed by atoms with Gasteiger partial charge in [-0.25, -0.2) is 0 Å². The van der Waals surface area contributed by atoms with Crippen LogP contribution in [0.4, 0.5) is 0 Å². The molecule has 5 nitrogen and oxygen atoms in total. The summed E-state index contributed by atoms with van der Waals surface area (Å²) in [6, 6.07) is 5.38. The number of hydrogen-bond acceptors (Lipinski definition) is 3. The fourth-order valence-corrected chi connectivity index (χ4v) is 2.24. The summed E-state index contributed by atoms with van der Waals surface area (Å²) in [7, 11) is 3.41. The van der Waals surface area contributed by atoms with Crippen molar-refractivity contribution in [2.75, 3.05) is 33.9 Å². The summed E-state index contributed by atoms with van der Waals surface area (Å²) < 4.78 is 10.7. The van der Waals surface area contributed by atoms with Gasteiger partial charge < -0.3 is 20.1 Å². The van der Waals surface area contributed by atoms with Crippen molar-refractivity contribution in [3.05, 3.63) is 28.2 Å². The summed E-state index contributed by atoms with van der Waals surface area (Å²) in [5.41, 5.74) is 0. The minimum absolute atomic E-state index is 0. The topological polar surface area (TPSA) is 54.9 Å². The Morgan fingerprint density at radius 2 is 2.09 bits per heavy atom. The van der Waals surface area contributed by atoms with Crippen LogP contribution in [0.2, 0.25) is 10.0 Å². The third-order valence-corrected chi connectivity index (χ3v) is 3.32. The molecule has 0 saturated heterocycles. The number of benzene rings is 1. The number of hydrogen-bond donors (Lipinski definition) is 2. The van der Waals surface area contributed by atoms with Crippen LogP contribution in [0, 0.1) is 0 Å². The molecule has 0 heterocycles. The Kier molecular flexibility index (Phi) is 12.7. The lowest BCUT2D eigenvalue weighted by Gasteiger charge is -2.17. The Morgan fingerprint density at radius 3 is 2.70 bits per heavy atom. The zero-order valence-electron chi connectivity index (χ0n) is 13.6. The zero-order chi connectivity index (χ0) is 16.4. The van der Waals surface area contributed by atoms with Gasteiger partial charge in [0.25, 0.3) is 0 Å². The molecule has 0 bridgehead atoms. The maximum Gasteiger partial charge on any atom is 0.191 e. The standard InChI is InChI=1S/C15H23Cl2N3O2.HI/c1-11(10-21-3)20-15(18-2)19-7-4-8-22-14-6-5-12(16)9-13(14)17;/h5-6,9,11H,4,7-8,10H2,1-3H3,(H2,18,19,20);1H. The van der Waals surface area contributed by atoms with Crippen molar-refractivity contribution in [2.45, 2.75) is 19.4 Å². The molecule has 23 heavy (non-hydrogen) atoms. The Hall–Kier alpha value is -0.440. The van der Waals surface area contributed by atoms with E-state index in [1.165, 1.54) is 0 Å². The summed E-state index contributed by atoms with van der Waals surface area (Å²) in [6.45, 7) is 3.95. The lowest BCUT2D eigenvalue weighted by atomic mass is 10.3. The van der Waals surface area contributed by atoms with Gasteiger partial charge in [0, 0.05) is 31.8 Å². The molecule has 0 amide bonds. The molecule has 0 saturated carbocycles. The fourth-order valence-electron chi connectivity index (χ4n) is 1.77. The molecular formula is C15H24Cl2IN3O2. The summed E-state index contributed by atoms with van der Waals surface area (Å²) >= 11 is 11.9. The van der Waals surface area contributed by atoms with Crippen molar-refractivity contribution in [2.24, 2.45) is 4.99 Å². The quantitative estimate of drug-likeness (QED) is 0.261. The third-order valence-electron chi connectivity index (χ3n) is 2.79. The number of guanidine groups is 1. The molecule has 1 unspecified atom stereocenters. The minimum Gasteiger partial charge on any atom is -0.492 e. The number of nitrogens with one attached hydrogen (secondary N) is 2. The van der Waals surface area contributed by atoms with E-state index in [2.05, 4.69) is 15.6 Å². The molecule has 0 aliphatic carbocycles. The number of halogens is 3. The molecular weight excluding hydrogens is 452 g/mol. The normalized spacial score (nSPS) is 12.3. The Balaban J connectivity index is 0.00000484. The van der Waals surface area contributed by atoms with Crippen LogP contribution in [0.5, 0.6) is 5.75 Å². The van der Waals surface area contributed by atoms with E-state index in [1.807, 2.05) is 6.92 Å². The molecule has 0 radical (unpaired) electrons. The first-order chi connectivity index (χ1) is 10.6. The highest BCUT2D eigenvalue weighted by Gasteiger charge is 2.05. The molecule has 8 heteroatoms. The first-order valence-electron chi connectivity index (χ1n) is 7.10. The van der Waals surface area contributed by atoms with E-state index in [0.29, 0.717) is 29.0 Å². The van der Waals surface area contributed by atoms with E-state index in [1.54, 1.807) is 32.4 Å². The maximum absolute atomic E-state index is 6.04. The van der Waals surface area contributed by atoms with Crippen LogP contribution in [0.1, 0.15) is 13.3 Å². The van der Waals surface area contributed by atoms with E-state index in [-0.39, 0.29) is 30.0 Å². The van der Waals surface area contributed by atoms with Crippen LogP contribution in [-0.2, 0) is 4.74 Å². The molecule has 0 aromatic heterocycles. The average Bonchev–Trinajstić information content (AvgIpc) is 2.47. The predicted octanol–water partition coefficient (Wildman–Crippen LogP) is 3.58. The Labute approximate surface area is 165 Å². The van der Waals surface area contributed by atoms with Gasteiger partial charge in [-0.2, -0.15) is 0 Å². The van der Waals surface area contributed by atoms with Crippen molar-refractivity contribution in [1.29, 1.82) is 0 Å². The molecule has 1 aromatic carbocycles. The second-order valence-corrected chi connectivity index (χ2v) is 5.62. The number of nitrogens with zero attached hydrogens (tertiary/aromatic N) is 1. The van der Waals surface area contributed by atoms with E-state index >= 15 is 0 Å². The van der Waals surface area contributed by atoms with Gasteiger partial charge in [-0.1, -0.05) is 23.2 Å². The SMILES string of the molecule is CN=C(NCCCOc1ccc(Cl)cc1Cl)NC(C)COC.I. The van der Waals surface area contributed by atoms with Gasteiger partial charge in [-0.05, 0) is 31.5 Å². The maximum atomic E-state index is 6.04. The fraction of sp³-hybridized carbons (Fsp3) is 0.533. The van der Waals surface area contributed by atoms with E-state index in [0.717, 1.165) is 18.9 Å². The zero-order valence-corrected chi connectivity index (χ0v) is 17.4. The highest BCUT2D eigenvalue weighted by atomic mass is 127. The van der Waals surface area contributed by atoms with Gasteiger partial charge >= 0.3 is 0 Å². The van der Waals surface area contributed by atoms with Crippen LogP contribution in [0.25, 0.3) is 0 Å². The van der Waals surface area contributed by atoms with Crippen molar-refractivity contribution in [3.8, 4) is 5.75 Å². The van der Waals surface area contributed by atoms with Gasteiger partial charge in [0.2, 0.25) is 0 Å². The summed E-state index contributed by atoms with van der Waals surface area (Å²) in [4.78, 5) is 4.15. The van der Waals surface area contributed by atoms with Crippen molar-refractivity contribution < 1.29 is 9.47 Å². The van der Waals surface area contributed by atoms with Gasteiger partial charge in [0.15, 0.2) is 5.96 Å². The van der Waals surface area contributed by atoms with Crippen molar-refractivity contribution in [3.63, 3.8) is 0 Å². The summed E-state index contributed by atoms with van der Waals surface area (Å²) in [6.07, 6.45) is 0.818. The summed E-state index contributed by atoms with van der Waals surface area (Å²) in [5, 5.41) is 7.56. The lowest BCUT2D eigenvalue weighted by molar-refractivity contribution is 0.179. The number of ether oxygens (including phenoxy) is 2. The van der Waals surface area contributed by atoms with Gasteiger partial charge in [0.1, 0.15) is 5.75 Å². The van der Waals surface area contributed by atoms with Crippen molar-refractivity contribution >= 4 is 53.1 Å². The molecule has 0 aliphatic rings. The highest BCUT2D eigenvalue weighted by molar-refractivity contribution is 14.0. The second kappa shape index (κ2) is 12.9. The monoisotopic (exact) mass is 475 g/mol. The Bertz CT molecular complexity index is 490. The molecule has 1 atom stereocenters. The molecule has 0 fully saturated rings.